The Hall–Kier alpha value is -1.06. The molecule has 0 aliphatic carbocycles. The largest absolute Gasteiger partial charge is 0.328 e. The van der Waals surface area contributed by atoms with Crippen molar-refractivity contribution in [1.29, 1.82) is 0 Å². The number of hydrogen-bond donors (Lipinski definition) is 1. The van der Waals surface area contributed by atoms with Gasteiger partial charge in [0.25, 0.3) is 0 Å². The van der Waals surface area contributed by atoms with Crippen molar-refractivity contribution >= 4 is 24.8 Å². The summed E-state index contributed by atoms with van der Waals surface area (Å²) in [5.41, 5.74) is 8.85. The highest BCUT2D eigenvalue weighted by atomic mass is 35.5. The molecule has 1 aliphatic heterocycles. The van der Waals surface area contributed by atoms with E-state index in [1.54, 1.807) is 0 Å². The highest BCUT2D eigenvalue weighted by Crippen LogP contribution is 2.28. The molecule has 132 valence electrons. The lowest BCUT2D eigenvalue weighted by Gasteiger charge is -2.31. The lowest BCUT2D eigenvalue weighted by molar-refractivity contribution is 0.208. The minimum atomic E-state index is 0. The maximum absolute atomic E-state index is 6.01. The molecule has 0 bridgehead atoms. The number of benzene rings is 2. The van der Waals surface area contributed by atoms with Gasteiger partial charge in [0.15, 0.2) is 0 Å². The molecule has 0 saturated carbocycles. The van der Waals surface area contributed by atoms with Crippen LogP contribution in [0.25, 0.3) is 0 Å². The molecule has 1 heterocycles. The minimum absolute atomic E-state index is 0. The van der Waals surface area contributed by atoms with Crippen molar-refractivity contribution < 1.29 is 0 Å². The standard InChI is InChI=1S/C20H26N2.2ClH/c21-19-11-14-22(15-12-19)16-13-20(17-7-3-1-4-8-17)18-9-5-2-6-10-18;;/h1-10,19-20H,11-16,21H2;2*1H. The number of rotatable bonds is 5. The molecule has 2 N–H and O–H groups in total. The van der Waals surface area contributed by atoms with Crippen LogP contribution >= 0.6 is 24.8 Å². The topological polar surface area (TPSA) is 29.3 Å². The van der Waals surface area contributed by atoms with Crippen LogP contribution in [-0.2, 0) is 0 Å². The molecule has 3 rings (SSSR count). The Morgan fingerprint density at radius 2 is 1.29 bits per heavy atom. The first-order valence-corrected chi connectivity index (χ1v) is 8.41. The van der Waals surface area contributed by atoms with E-state index in [0.717, 1.165) is 32.5 Å². The summed E-state index contributed by atoms with van der Waals surface area (Å²) >= 11 is 0. The van der Waals surface area contributed by atoms with E-state index in [0.29, 0.717) is 12.0 Å². The number of likely N-dealkylation sites (tertiary alicyclic amines) is 1. The van der Waals surface area contributed by atoms with Crippen LogP contribution in [0.5, 0.6) is 0 Å². The summed E-state index contributed by atoms with van der Waals surface area (Å²) in [5, 5.41) is 0. The molecule has 0 atom stereocenters. The second kappa shape index (κ2) is 10.7. The van der Waals surface area contributed by atoms with Crippen LogP contribution in [0, 0.1) is 0 Å². The van der Waals surface area contributed by atoms with Crippen LogP contribution in [-0.4, -0.2) is 30.6 Å². The molecular weight excluding hydrogens is 339 g/mol. The highest BCUT2D eigenvalue weighted by Gasteiger charge is 2.19. The van der Waals surface area contributed by atoms with Gasteiger partial charge in [0, 0.05) is 12.0 Å². The average molecular weight is 367 g/mol. The van der Waals surface area contributed by atoms with Crippen LogP contribution < -0.4 is 5.73 Å². The molecule has 2 aromatic carbocycles. The van der Waals surface area contributed by atoms with Gasteiger partial charge in [-0.25, -0.2) is 0 Å². The molecule has 2 aromatic rings. The Kier molecular flexibility index (Phi) is 9.38. The Labute approximate surface area is 158 Å². The van der Waals surface area contributed by atoms with E-state index in [2.05, 4.69) is 65.6 Å². The fourth-order valence-corrected chi connectivity index (χ4v) is 3.38. The fourth-order valence-electron chi connectivity index (χ4n) is 3.38. The zero-order valence-corrected chi connectivity index (χ0v) is 15.6. The third kappa shape index (κ3) is 5.78. The predicted octanol–water partition coefficient (Wildman–Crippen LogP) is 4.48. The summed E-state index contributed by atoms with van der Waals surface area (Å²) in [6, 6.07) is 22.2. The first-order valence-electron chi connectivity index (χ1n) is 8.41. The molecule has 0 unspecified atom stereocenters. The number of halogens is 2. The second-order valence-electron chi connectivity index (χ2n) is 6.34. The van der Waals surface area contributed by atoms with Crippen molar-refractivity contribution in [3.8, 4) is 0 Å². The lowest BCUT2D eigenvalue weighted by Crippen LogP contribution is -2.40. The van der Waals surface area contributed by atoms with Crippen molar-refractivity contribution in [3.63, 3.8) is 0 Å². The van der Waals surface area contributed by atoms with E-state index in [9.17, 15) is 0 Å². The molecule has 1 aliphatic rings. The van der Waals surface area contributed by atoms with Gasteiger partial charge < -0.3 is 10.6 Å². The molecule has 0 amide bonds. The van der Waals surface area contributed by atoms with E-state index in [-0.39, 0.29) is 24.8 Å². The van der Waals surface area contributed by atoms with Gasteiger partial charge in [0.2, 0.25) is 0 Å². The fraction of sp³-hybridized carbons (Fsp3) is 0.400. The smallest absolute Gasteiger partial charge is 0.0101 e. The van der Waals surface area contributed by atoms with E-state index < -0.39 is 0 Å². The van der Waals surface area contributed by atoms with Gasteiger partial charge in [0.1, 0.15) is 0 Å². The van der Waals surface area contributed by atoms with Crippen molar-refractivity contribution in [2.24, 2.45) is 5.73 Å². The molecule has 4 heteroatoms. The van der Waals surface area contributed by atoms with E-state index in [1.165, 1.54) is 17.5 Å². The van der Waals surface area contributed by atoms with E-state index in [4.69, 9.17) is 5.73 Å². The van der Waals surface area contributed by atoms with Crippen LogP contribution in [0.2, 0.25) is 0 Å². The van der Waals surface area contributed by atoms with Gasteiger partial charge in [-0.1, -0.05) is 60.7 Å². The number of nitrogens with zero attached hydrogens (tertiary/aromatic N) is 1. The van der Waals surface area contributed by atoms with Crippen molar-refractivity contribution in [3.05, 3.63) is 71.8 Å². The molecule has 2 nitrogen and oxygen atoms in total. The Morgan fingerprint density at radius 1 is 0.833 bits per heavy atom. The zero-order chi connectivity index (χ0) is 15.2. The normalized spacial score (nSPS) is 15.6. The van der Waals surface area contributed by atoms with E-state index in [1.807, 2.05) is 0 Å². The zero-order valence-electron chi connectivity index (χ0n) is 14.0. The van der Waals surface area contributed by atoms with Gasteiger partial charge in [0.05, 0.1) is 0 Å². The molecule has 0 aromatic heterocycles. The Morgan fingerprint density at radius 3 is 1.75 bits per heavy atom. The van der Waals surface area contributed by atoms with Crippen molar-refractivity contribution in [2.75, 3.05) is 19.6 Å². The lowest BCUT2D eigenvalue weighted by atomic mass is 9.88. The predicted molar refractivity (Wildman–Crippen MR) is 107 cm³/mol. The summed E-state index contributed by atoms with van der Waals surface area (Å²) < 4.78 is 0. The second-order valence-corrected chi connectivity index (χ2v) is 6.34. The maximum atomic E-state index is 6.01. The molecular formula is C20H28Cl2N2. The van der Waals surface area contributed by atoms with Crippen molar-refractivity contribution in [1.82, 2.24) is 4.90 Å². The van der Waals surface area contributed by atoms with Gasteiger partial charge in [-0.2, -0.15) is 0 Å². The van der Waals surface area contributed by atoms with Gasteiger partial charge in [-0.05, 0) is 50.0 Å². The summed E-state index contributed by atoms with van der Waals surface area (Å²) in [4.78, 5) is 2.57. The van der Waals surface area contributed by atoms with Gasteiger partial charge >= 0.3 is 0 Å². The number of hydrogen-bond acceptors (Lipinski definition) is 2. The van der Waals surface area contributed by atoms with Crippen LogP contribution in [0.3, 0.4) is 0 Å². The summed E-state index contributed by atoms with van der Waals surface area (Å²) in [5.74, 6) is 0.484. The van der Waals surface area contributed by atoms with Gasteiger partial charge in [-0.15, -0.1) is 24.8 Å². The Bertz CT molecular complexity index is 515. The first kappa shape index (κ1) is 21.0. The van der Waals surface area contributed by atoms with Crippen molar-refractivity contribution in [2.45, 2.75) is 31.2 Å². The first-order chi connectivity index (χ1) is 10.8. The molecule has 1 fully saturated rings. The number of piperidine rings is 1. The van der Waals surface area contributed by atoms with Gasteiger partial charge in [-0.3, -0.25) is 0 Å². The molecule has 0 radical (unpaired) electrons. The SMILES string of the molecule is Cl.Cl.NC1CCN(CCC(c2ccccc2)c2ccccc2)CC1. The molecule has 1 saturated heterocycles. The number of nitrogens with two attached hydrogens (primary N) is 1. The van der Waals surface area contributed by atoms with Crippen LogP contribution in [0.1, 0.15) is 36.3 Å². The Balaban J connectivity index is 0.00000144. The highest BCUT2D eigenvalue weighted by molar-refractivity contribution is 5.85. The molecule has 24 heavy (non-hydrogen) atoms. The maximum Gasteiger partial charge on any atom is 0.0101 e. The molecule has 0 spiro atoms. The third-order valence-electron chi connectivity index (χ3n) is 4.77. The third-order valence-corrected chi connectivity index (χ3v) is 4.77. The monoisotopic (exact) mass is 366 g/mol. The minimum Gasteiger partial charge on any atom is -0.328 e. The summed E-state index contributed by atoms with van der Waals surface area (Å²) in [6.45, 7) is 3.45. The van der Waals surface area contributed by atoms with Crippen LogP contribution in [0.15, 0.2) is 60.7 Å². The van der Waals surface area contributed by atoms with Crippen LogP contribution in [0.4, 0.5) is 0 Å². The van der Waals surface area contributed by atoms with E-state index >= 15 is 0 Å². The summed E-state index contributed by atoms with van der Waals surface area (Å²) in [7, 11) is 0. The average Bonchev–Trinajstić information content (AvgIpc) is 2.59. The quantitative estimate of drug-likeness (QED) is 0.845. The summed E-state index contributed by atoms with van der Waals surface area (Å²) in [6.07, 6.45) is 3.45.